The number of nitrogens with two attached hydrogens (primary N) is 1. The number of aromatic amines is 1. The molecule has 4 N–H and O–H groups in total. The molecule has 0 aliphatic rings. The zero-order valence-corrected chi connectivity index (χ0v) is 11.8. The van der Waals surface area contributed by atoms with Crippen molar-refractivity contribution in [2.75, 3.05) is 11.1 Å². The molecular formula is C13H8Cl2FN3O2. The molecule has 0 radical (unpaired) electrons. The van der Waals surface area contributed by atoms with E-state index < -0.39 is 11.6 Å². The topological polar surface area (TPSA) is 84.0 Å². The van der Waals surface area contributed by atoms with Gasteiger partial charge < -0.3 is 15.5 Å². The average Bonchev–Trinajstić information content (AvgIpc) is 2.72. The van der Waals surface area contributed by atoms with Crippen LogP contribution < -0.4 is 16.8 Å². The van der Waals surface area contributed by atoms with Gasteiger partial charge in [-0.3, -0.25) is 4.98 Å². The Labute approximate surface area is 127 Å². The van der Waals surface area contributed by atoms with Crippen LogP contribution in [-0.4, -0.2) is 4.98 Å². The first kappa shape index (κ1) is 13.8. The Morgan fingerprint density at radius 1 is 1.19 bits per heavy atom. The molecule has 0 aliphatic carbocycles. The van der Waals surface area contributed by atoms with Crippen molar-refractivity contribution in [3.63, 3.8) is 0 Å². The lowest BCUT2D eigenvalue weighted by Crippen LogP contribution is -1.98. The highest BCUT2D eigenvalue weighted by Crippen LogP contribution is 2.36. The number of fused-ring (bicyclic) bond motifs is 1. The molecule has 0 aliphatic heterocycles. The summed E-state index contributed by atoms with van der Waals surface area (Å²) in [6.07, 6.45) is 0. The number of H-pyrrole nitrogens is 1. The minimum absolute atomic E-state index is 0.111. The summed E-state index contributed by atoms with van der Waals surface area (Å²) in [5.41, 5.74) is 7.76. The molecule has 21 heavy (non-hydrogen) atoms. The smallest absolute Gasteiger partial charge is 0.408 e. The van der Waals surface area contributed by atoms with Gasteiger partial charge in [-0.25, -0.2) is 9.18 Å². The molecule has 108 valence electrons. The molecule has 0 spiro atoms. The Morgan fingerprint density at radius 3 is 2.52 bits per heavy atom. The van der Waals surface area contributed by atoms with E-state index in [1.165, 1.54) is 6.07 Å². The van der Waals surface area contributed by atoms with Crippen LogP contribution in [0.4, 0.5) is 21.5 Å². The molecule has 0 fully saturated rings. The summed E-state index contributed by atoms with van der Waals surface area (Å²) in [5.74, 6) is -1.13. The average molecular weight is 328 g/mol. The Hall–Kier alpha value is -2.18. The van der Waals surface area contributed by atoms with Crippen molar-refractivity contribution < 1.29 is 8.81 Å². The van der Waals surface area contributed by atoms with Crippen LogP contribution in [-0.2, 0) is 0 Å². The first-order valence-corrected chi connectivity index (χ1v) is 6.53. The van der Waals surface area contributed by atoms with E-state index in [0.29, 0.717) is 28.2 Å². The number of nitrogens with one attached hydrogen (secondary N) is 2. The molecule has 1 aromatic heterocycles. The predicted molar refractivity (Wildman–Crippen MR) is 80.9 cm³/mol. The second-order valence-corrected chi connectivity index (χ2v) is 5.13. The number of hydrogen-bond acceptors (Lipinski definition) is 4. The van der Waals surface area contributed by atoms with E-state index in [2.05, 4.69) is 10.3 Å². The maximum Gasteiger partial charge on any atom is 0.417 e. The summed E-state index contributed by atoms with van der Waals surface area (Å²) in [6.45, 7) is 0. The van der Waals surface area contributed by atoms with E-state index >= 15 is 0 Å². The largest absolute Gasteiger partial charge is 0.417 e. The summed E-state index contributed by atoms with van der Waals surface area (Å²) in [7, 11) is 0. The number of oxazole rings is 1. The van der Waals surface area contributed by atoms with Gasteiger partial charge in [-0.2, -0.15) is 0 Å². The van der Waals surface area contributed by atoms with Gasteiger partial charge in [0.25, 0.3) is 0 Å². The van der Waals surface area contributed by atoms with Gasteiger partial charge in [-0.15, -0.1) is 0 Å². The fourth-order valence-corrected chi connectivity index (χ4v) is 2.47. The summed E-state index contributed by atoms with van der Waals surface area (Å²) in [6, 6.07) is 5.32. The van der Waals surface area contributed by atoms with Crippen LogP contribution in [0.2, 0.25) is 10.0 Å². The Kier molecular flexibility index (Phi) is 3.27. The lowest BCUT2D eigenvalue weighted by atomic mass is 10.2. The molecule has 5 nitrogen and oxygen atoms in total. The van der Waals surface area contributed by atoms with Crippen molar-refractivity contribution >= 4 is 51.4 Å². The second kappa shape index (κ2) is 4.98. The molecule has 0 saturated carbocycles. The van der Waals surface area contributed by atoms with Gasteiger partial charge in [0.05, 0.1) is 32.6 Å². The molecular weight excluding hydrogens is 320 g/mol. The number of benzene rings is 2. The Morgan fingerprint density at radius 2 is 1.86 bits per heavy atom. The summed E-state index contributed by atoms with van der Waals surface area (Å²) >= 11 is 11.9. The number of halogens is 3. The van der Waals surface area contributed by atoms with Gasteiger partial charge in [0.2, 0.25) is 0 Å². The predicted octanol–water partition coefficient (Wildman–Crippen LogP) is 3.89. The van der Waals surface area contributed by atoms with E-state index in [-0.39, 0.29) is 10.0 Å². The molecule has 0 amide bonds. The molecule has 2 aromatic carbocycles. The molecule has 0 saturated heterocycles. The van der Waals surface area contributed by atoms with Crippen LogP contribution in [0.1, 0.15) is 0 Å². The summed E-state index contributed by atoms with van der Waals surface area (Å²) in [5, 5.41) is 3.14. The Bertz CT molecular complexity index is 881. The summed E-state index contributed by atoms with van der Waals surface area (Å²) < 4.78 is 18.1. The molecule has 0 atom stereocenters. The van der Waals surface area contributed by atoms with E-state index in [0.717, 1.165) is 12.1 Å². The number of aromatic nitrogens is 1. The molecule has 3 aromatic rings. The quantitative estimate of drug-likeness (QED) is 0.623. The third-order valence-corrected chi connectivity index (χ3v) is 3.45. The highest BCUT2D eigenvalue weighted by atomic mass is 35.5. The van der Waals surface area contributed by atoms with Crippen LogP contribution in [0, 0.1) is 5.82 Å². The van der Waals surface area contributed by atoms with Gasteiger partial charge in [-0.05, 0) is 18.2 Å². The van der Waals surface area contributed by atoms with Crippen molar-refractivity contribution in [1.29, 1.82) is 0 Å². The van der Waals surface area contributed by atoms with Gasteiger partial charge in [0, 0.05) is 6.07 Å². The molecule has 0 bridgehead atoms. The van der Waals surface area contributed by atoms with Crippen LogP contribution in [0.25, 0.3) is 11.1 Å². The lowest BCUT2D eigenvalue weighted by molar-refractivity contribution is 0.555. The number of nitrogen functional groups attached to an aromatic ring is 1. The van der Waals surface area contributed by atoms with Crippen molar-refractivity contribution in [3.05, 3.63) is 50.7 Å². The monoisotopic (exact) mass is 327 g/mol. The zero-order valence-electron chi connectivity index (χ0n) is 10.3. The highest BCUT2D eigenvalue weighted by molar-refractivity contribution is 6.39. The fraction of sp³-hybridized carbons (Fsp3) is 0. The van der Waals surface area contributed by atoms with Crippen LogP contribution in [0.5, 0.6) is 0 Å². The van der Waals surface area contributed by atoms with Crippen molar-refractivity contribution in [1.82, 2.24) is 4.98 Å². The van der Waals surface area contributed by atoms with E-state index in [1.807, 2.05) is 0 Å². The first-order chi connectivity index (χ1) is 9.94. The zero-order chi connectivity index (χ0) is 15.1. The lowest BCUT2D eigenvalue weighted by Gasteiger charge is -2.12. The van der Waals surface area contributed by atoms with Crippen molar-refractivity contribution in [2.24, 2.45) is 0 Å². The number of rotatable bonds is 2. The number of anilines is 3. The third kappa shape index (κ3) is 2.55. The van der Waals surface area contributed by atoms with Gasteiger partial charge >= 0.3 is 5.76 Å². The maximum absolute atomic E-state index is 13.2. The van der Waals surface area contributed by atoms with Crippen LogP contribution in [0.15, 0.2) is 33.5 Å². The van der Waals surface area contributed by atoms with E-state index in [4.69, 9.17) is 33.4 Å². The van der Waals surface area contributed by atoms with Crippen LogP contribution in [0.3, 0.4) is 0 Å². The fourth-order valence-electron chi connectivity index (χ4n) is 1.92. The van der Waals surface area contributed by atoms with Gasteiger partial charge in [0.1, 0.15) is 5.82 Å². The highest BCUT2D eigenvalue weighted by Gasteiger charge is 2.12. The SMILES string of the molecule is Nc1cc2oc(=O)[nH]c2cc1Nc1c(Cl)cc(F)cc1Cl. The Balaban J connectivity index is 2.09. The normalized spacial score (nSPS) is 11.0. The van der Waals surface area contributed by atoms with Crippen molar-refractivity contribution in [3.8, 4) is 0 Å². The molecule has 0 unspecified atom stereocenters. The standard InChI is InChI=1S/C13H8Cl2FN3O2/c14-6-1-5(16)2-7(15)12(6)18-9-4-10-11(3-8(9)17)21-13(20)19-10/h1-4,18H,17H2,(H,19,20). The molecule has 8 heteroatoms. The second-order valence-electron chi connectivity index (χ2n) is 4.32. The van der Waals surface area contributed by atoms with Crippen molar-refractivity contribution in [2.45, 2.75) is 0 Å². The molecule has 3 rings (SSSR count). The minimum atomic E-state index is -0.584. The van der Waals surface area contributed by atoms with E-state index in [1.54, 1.807) is 6.07 Å². The summed E-state index contributed by atoms with van der Waals surface area (Å²) in [4.78, 5) is 13.7. The maximum atomic E-state index is 13.2. The first-order valence-electron chi connectivity index (χ1n) is 5.78. The third-order valence-electron chi connectivity index (χ3n) is 2.86. The van der Waals surface area contributed by atoms with Crippen LogP contribution >= 0.6 is 23.2 Å². The minimum Gasteiger partial charge on any atom is -0.408 e. The van der Waals surface area contributed by atoms with Gasteiger partial charge in [-0.1, -0.05) is 23.2 Å². The number of hydrogen-bond donors (Lipinski definition) is 3. The van der Waals surface area contributed by atoms with Gasteiger partial charge in [0.15, 0.2) is 5.58 Å². The molecule has 1 heterocycles. The van der Waals surface area contributed by atoms with E-state index in [9.17, 15) is 9.18 Å².